The van der Waals surface area contributed by atoms with Crippen LogP contribution in [0.5, 0.6) is 0 Å². The molecule has 0 aliphatic rings. The van der Waals surface area contributed by atoms with Crippen molar-refractivity contribution in [3.8, 4) is 0 Å². The average Bonchev–Trinajstić information content (AvgIpc) is 2.84. The summed E-state index contributed by atoms with van der Waals surface area (Å²) in [7, 11) is 1.25. The minimum Gasteiger partial charge on any atom is -0.461 e. The molecule has 1 unspecified atom stereocenters. The van der Waals surface area contributed by atoms with Crippen LogP contribution >= 0.6 is 21.6 Å². The van der Waals surface area contributed by atoms with Gasteiger partial charge in [-0.1, -0.05) is 33.7 Å². The molecule has 2 aromatic rings. The number of carbonyl (C=O) groups is 3. The zero-order valence-electron chi connectivity index (χ0n) is 19.0. The van der Waals surface area contributed by atoms with Gasteiger partial charge < -0.3 is 36.9 Å². The number of amides is 2. The van der Waals surface area contributed by atoms with E-state index >= 15 is 0 Å². The smallest absolute Gasteiger partial charge is 0.461 e. The van der Waals surface area contributed by atoms with Crippen LogP contribution in [0.25, 0.3) is 0 Å². The maximum atomic E-state index is 12.1. The molecular weight excluding hydrogens is 491 g/mol. The van der Waals surface area contributed by atoms with E-state index in [9.17, 15) is 24.4 Å². The van der Waals surface area contributed by atoms with Gasteiger partial charge in [0.25, 0.3) is 0 Å². The Morgan fingerprint density at radius 3 is 2.54 bits per heavy atom. The van der Waals surface area contributed by atoms with Crippen molar-refractivity contribution in [3.05, 3.63) is 54.1 Å². The van der Waals surface area contributed by atoms with Gasteiger partial charge in [0.1, 0.15) is 6.61 Å². The highest BCUT2D eigenvalue weighted by molar-refractivity contribution is 8.76. The molecule has 0 bridgehead atoms. The van der Waals surface area contributed by atoms with Crippen molar-refractivity contribution in [2.45, 2.75) is 18.9 Å². The summed E-state index contributed by atoms with van der Waals surface area (Å²) in [6, 6.07) is 12.0. The fraction of sp³-hybridized carbons (Fsp3) is 0.318. The van der Waals surface area contributed by atoms with Crippen LogP contribution in [0.1, 0.15) is 23.2 Å². The van der Waals surface area contributed by atoms with Crippen LogP contribution in [0.15, 0.2) is 48.5 Å². The van der Waals surface area contributed by atoms with Gasteiger partial charge in [-0.15, -0.1) is 0 Å². The van der Waals surface area contributed by atoms with E-state index in [0.29, 0.717) is 41.4 Å². The van der Waals surface area contributed by atoms with Crippen LogP contribution in [0.4, 0.5) is 11.4 Å². The van der Waals surface area contributed by atoms with Crippen molar-refractivity contribution < 1.29 is 29.2 Å². The van der Waals surface area contributed by atoms with Crippen molar-refractivity contribution in [3.63, 3.8) is 0 Å². The van der Waals surface area contributed by atoms with Crippen molar-refractivity contribution in [2.24, 2.45) is 5.73 Å². The predicted octanol–water partition coefficient (Wildman–Crippen LogP) is 0.349. The Kier molecular flexibility index (Phi) is 12.5. The highest BCUT2D eigenvalue weighted by Gasteiger charge is 2.14. The normalized spacial score (nSPS) is 11.4. The fourth-order valence-electron chi connectivity index (χ4n) is 2.72. The van der Waals surface area contributed by atoms with Crippen LogP contribution in [0, 0.1) is 0 Å². The monoisotopic (exact) mass is 520 g/mol. The van der Waals surface area contributed by atoms with Gasteiger partial charge in [-0.25, -0.2) is 4.79 Å². The molecule has 0 heterocycles. The molecule has 2 aromatic carbocycles. The maximum absolute atomic E-state index is 12.1. The Bertz CT molecular complexity index is 981. The number of rotatable bonds is 14. The quantitative estimate of drug-likeness (QED) is 0.0670. The summed E-state index contributed by atoms with van der Waals surface area (Å²) in [6.45, 7) is 0.531. The summed E-state index contributed by atoms with van der Waals surface area (Å²) in [5, 5.41) is 23.7. The molecule has 0 fully saturated rings. The fourth-order valence-corrected chi connectivity index (χ4v) is 4.67. The van der Waals surface area contributed by atoms with E-state index in [1.807, 2.05) is 0 Å². The molecule has 0 saturated heterocycles. The summed E-state index contributed by atoms with van der Waals surface area (Å²) in [5.41, 5.74) is 13.2. The van der Waals surface area contributed by atoms with E-state index in [0.717, 1.165) is 0 Å². The Hall–Kier alpha value is -2.71. The lowest BCUT2D eigenvalue weighted by Gasteiger charge is -2.12. The highest BCUT2D eigenvalue weighted by atomic mass is 33.1. The Morgan fingerprint density at radius 1 is 1.09 bits per heavy atom. The van der Waals surface area contributed by atoms with E-state index in [1.54, 1.807) is 36.4 Å². The predicted molar refractivity (Wildman–Crippen MR) is 141 cm³/mol. The van der Waals surface area contributed by atoms with Gasteiger partial charge in [-0.05, 0) is 48.3 Å². The zero-order valence-corrected chi connectivity index (χ0v) is 20.6. The lowest BCUT2D eigenvalue weighted by Crippen LogP contribution is -2.42. The van der Waals surface area contributed by atoms with Gasteiger partial charge in [-0.3, -0.25) is 9.59 Å². The molecule has 2 amide bonds. The third kappa shape index (κ3) is 11.1. The number of benzene rings is 2. The Morgan fingerprint density at radius 2 is 1.83 bits per heavy atom. The van der Waals surface area contributed by atoms with Gasteiger partial charge in [-0.2, -0.15) is 0 Å². The summed E-state index contributed by atoms with van der Waals surface area (Å²) in [6.07, 6.45) is 0.606. The number of anilines is 2. The molecule has 1 atom stereocenters. The van der Waals surface area contributed by atoms with Crippen LogP contribution in [0.3, 0.4) is 0 Å². The van der Waals surface area contributed by atoms with E-state index in [-0.39, 0.29) is 30.3 Å². The number of ether oxygens (including phenoxy) is 1. The molecule has 0 aliphatic carbocycles. The van der Waals surface area contributed by atoms with E-state index in [4.69, 9.17) is 16.2 Å². The second-order valence-electron chi connectivity index (χ2n) is 7.41. The largest absolute Gasteiger partial charge is 0.488 e. The minimum absolute atomic E-state index is 0.182. The topological polar surface area (TPSA) is 177 Å². The summed E-state index contributed by atoms with van der Waals surface area (Å²) >= 11 is 0. The standard InChI is InChI=1S/C22H29BN4O6S2/c24-17-8-6-15(7-9-17)22(30)33-11-12-34-35-14-19(25)21(29)26-10-2-5-20(28)27-18-4-1-3-16(13-18)23(31)32/h1,3-4,6-9,13,19,31-32H,2,5,10-12,14,24-25H2,(H,26,29)(H,27,28). The average molecular weight is 520 g/mol. The van der Waals surface area contributed by atoms with Crippen molar-refractivity contribution in [1.29, 1.82) is 0 Å². The molecular formula is C22H29BN4O6S2. The number of esters is 1. The van der Waals surface area contributed by atoms with Crippen LogP contribution in [-0.4, -0.2) is 65.6 Å². The van der Waals surface area contributed by atoms with E-state index < -0.39 is 19.1 Å². The lowest BCUT2D eigenvalue weighted by molar-refractivity contribution is -0.122. The first-order chi connectivity index (χ1) is 16.8. The molecule has 10 nitrogen and oxygen atoms in total. The molecule has 0 aliphatic heterocycles. The van der Waals surface area contributed by atoms with Gasteiger partial charge in [0, 0.05) is 35.8 Å². The van der Waals surface area contributed by atoms with E-state index in [1.165, 1.54) is 33.7 Å². The maximum Gasteiger partial charge on any atom is 0.488 e. The summed E-state index contributed by atoms with van der Waals surface area (Å²) in [5.74, 6) is -0.0433. The van der Waals surface area contributed by atoms with Crippen LogP contribution in [0.2, 0.25) is 0 Å². The van der Waals surface area contributed by atoms with Gasteiger partial charge >= 0.3 is 13.1 Å². The third-order valence-corrected chi connectivity index (χ3v) is 6.97. The molecule has 35 heavy (non-hydrogen) atoms. The number of hydrogen-bond acceptors (Lipinski definition) is 10. The minimum atomic E-state index is -1.61. The summed E-state index contributed by atoms with van der Waals surface area (Å²) < 4.78 is 5.18. The number of nitrogen functional groups attached to an aromatic ring is 1. The molecule has 13 heteroatoms. The van der Waals surface area contributed by atoms with Crippen molar-refractivity contribution in [2.75, 3.05) is 35.7 Å². The molecule has 0 radical (unpaired) electrons. The van der Waals surface area contributed by atoms with Gasteiger partial charge in [0.15, 0.2) is 0 Å². The van der Waals surface area contributed by atoms with Gasteiger partial charge in [0.05, 0.1) is 11.6 Å². The number of nitrogens with one attached hydrogen (secondary N) is 2. The molecule has 0 aromatic heterocycles. The first kappa shape index (κ1) is 28.5. The third-order valence-electron chi connectivity index (χ3n) is 4.56. The molecule has 0 saturated carbocycles. The number of carbonyl (C=O) groups excluding carboxylic acids is 3. The Balaban J connectivity index is 1.52. The van der Waals surface area contributed by atoms with Crippen LogP contribution < -0.4 is 27.6 Å². The molecule has 0 spiro atoms. The highest BCUT2D eigenvalue weighted by Crippen LogP contribution is 2.21. The first-order valence-corrected chi connectivity index (χ1v) is 13.3. The second kappa shape index (κ2) is 15.3. The first-order valence-electron chi connectivity index (χ1n) is 10.8. The van der Waals surface area contributed by atoms with Gasteiger partial charge in [0.2, 0.25) is 11.8 Å². The Labute approximate surface area is 212 Å². The number of hydrogen-bond donors (Lipinski definition) is 6. The second-order valence-corrected chi connectivity index (χ2v) is 10.0. The summed E-state index contributed by atoms with van der Waals surface area (Å²) in [4.78, 5) is 36.0. The molecule has 8 N–H and O–H groups in total. The molecule has 188 valence electrons. The van der Waals surface area contributed by atoms with Crippen molar-refractivity contribution >= 4 is 63.3 Å². The zero-order chi connectivity index (χ0) is 25.6. The lowest BCUT2D eigenvalue weighted by atomic mass is 9.80. The van der Waals surface area contributed by atoms with Crippen LogP contribution in [-0.2, 0) is 14.3 Å². The van der Waals surface area contributed by atoms with E-state index in [2.05, 4.69) is 10.6 Å². The SMILES string of the molecule is Nc1ccc(C(=O)OCCSSCC(N)C(=O)NCCCC(=O)Nc2cccc(B(O)O)c2)cc1. The van der Waals surface area contributed by atoms with Crippen molar-refractivity contribution in [1.82, 2.24) is 5.32 Å². The molecule has 2 rings (SSSR count). The number of nitrogens with two attached hydrogens (primary N) is 2.